The molecule has 0 aliphatic carbocycles. The molecule has 0 N–H and O–H groups in total. The van der Waals surface area contributed by atoms with Gasteiger partial charge in [0, 0.05) is 12.5 Å². The fourth-order valence-electron chi connectivity index (χ4n) is 4.53. The highest BCUT2D eigenvalue weighted by atomic mass is 79.9. The largest absolute Gasteiger partial charge is 1.00 e. The molecule has 0 unspecified atom stereocenters. The van der Waals surface area contributed by atoms with E-state index in [1.165, 1.54) is 5.56 Å². The van der Waals surface area contributed by atoms with Crippen molar-refractivity contribution >= 4 is 10.8 Å². The van der Waals surface area contributed by atoms with Gasteiger partial charge in [0.15, 0.2) is 35.7 Å². The number of pyridine rings is 1. The van der Waals surface area contributed by atoms with Crippen LogP contribution in [0.4, 0.5) is 0 Å². The Balaban J connectivity index is 0.00000289. The molecule has 1 aromatic heterocycles. The second-order valence-electron chi connectivity index (χ2n) is 8.17. The molecule has 0 saturated carbocycles. The molecule has 7 heteroatoms. The summed E-state index contributed by atoms with van der Waals surface area (Å²) in [6, 6.07) is 19.9. The van der Waals surface area contributed by atoms with Crippen molar-refractivity contribution in [2.75, 3.05) is 21.3 Å². The molecular formula is C28H25BrN2O4. The van der Waals surface area contributed by atoms with E-state index in [1.807, 2.05) is 36.4 Å². The van der Waals surface area contributed by atoms with E-state index in [1.54, 1.807) is 27.4 Å². The van der Waals surface area contributed by atoms with Crippen LogP contribution >= 0.6 is 0 Å². The molecule has 5 rings (SSSR count). The molecule has 0 atom stereocenters. The van der Waals surface area contributed by atoms with Gasteiger partial charge in [-0.15, -0.1) is 0 Å². The minimum Gasteiger partial charge on any atom is -1.00 e. The van der Waals surface area contributed by atoms with Gasteiger partial charge in [-0.25, -0.2) is 0 Å². The van der Waals surface area contributed by atoms with Gasteiger partial charge in [-0.05, 0) is 52.9 Å². The standard InChI is InChI=1S/C28H25N2O4.BrH/c1-31-25-8-7-20-12-24-22-14-27(33-3)26(32-2)13-21(22)9-10-30(24)16-23(20)28(25)34-17-19-6-4-5-18(11-19)15-29;/h4-8,11-14,16H,9-10,17H2,1-3H3;1H/q+1;/p-1. The maximum Gasteiger partial charge on any atom is 0.213 e. The normalized spacial score (nSPS) is 11.5. The second kappa shape index (κ2) is 10.2. The number of benzene rings is 3. The average molecular weight is 533 g/mol. The summed E-state index contributed by atoms with van der Waals surface area (Å²) >= 11 is 0. The zero-order valence-electron chi connectivity index (χ0n) is 19.8. The van der Waals surface area contributed by atoms with Crippen LogP contribution in [0.25, 0.3) is 22.0 Å². The van der Waals surface area contributed by atoms with Crippen LogP contribution in [-0.4, -0.2) is 21.3 Å². The monoisotopic (exact) mass is 532 g/mol. The lowest BCUT2D eigenvalue weighted by Gasteiger charge is -2.19. The molecule has 0 spiro atoms. The minimum atomic E-state index is 0. The van der Waals surface area contributed by atoms with Crippen LogP contribution in [0.5, 0.6) is 23.0 Å². The Hall–Kier alpha value is -3.76. The topological polar surface area (TPSA) is 64.6 Å². The summed E-state index contributed by atoms with van der Waals surface area (Å²) in [5, 5.41) is 11.2. The minimum absolute atomic E-state index is 0. The molecule has 6 nitrogen and oxygen atoms in total. The van der Waals surface area contributed by atoms with Gasteiger partial charge in [0.05, 0.1) is 43.9 Å². The number of hydrogen-bond acceptors (Lipinski definition) is 5. The molecular weight excluding hydrogens is 508 g/mol. The lowest BCUT2D eigenvalue weighted by Crippen LogP contribution is -3.00. The number of rotatable bonds is 6. The summed E-state index contributed by atoms with van der Waals surface area (Å²) in [4.78, 5) is 0. The van der Waals surface area contributed by atoms with Gasteiger partial charge in [0.2, 0.25) is 5.69 Å². The average Bonchev–Trinajstić information content (AvgIpc) is 2.89. The van der Waals surface area contributed by atoms with Gasteiger partial charge >= 0.3 is 0 Å². The van der Waals surface area contributed by atoms with Crippen molar-refractivity contribution in [2.24, 2.45) is 0 Å². The van der Waals surface area contributed by atoms with E-state index in [0.29, 0.717) is 29.4 Å². The summed E-state index contributed by atoms with van der Waals surface area (Å²) in [5.41, 5.74) is 5.03. The third-order valence-corrected chi connectivity index (χ3v) is 6.25. The van der Waals surface area contributed by atoms with Crippen LogP contribution in [0.15, 0.2) is 60.8 Å². The maximum absolute atomic E-state index is 9.19. The predicted octanol–water partition coefficient (Wildman–Crippen LogP) is 1.83. The summed E-state index contributed by atoms with van der Waals surface area (Å²) in [5.74, 6) is 2.83. The van der Waals surface area contributed by atoms with E-state index < -0.39 is 0 Å². The smallest absolute Gasteiger partial charge is 0.213 e. The third kappa shape index (κ3) is 4.50. The molecule has 4 aromatic rings. The fraction of sp³-hybridized carbons (Fsp3) is 0.214. The third-order valence-electron chi connectivity index (χ3n) is 6.25. The first-order valence-corrected chi connectivity index (χ1v) is 11.1. The molecule has 1 aliphatic rings. The van der Waals surface area contributed by atoms with Crippen molar-refractivity contribution in [3.8, 4) is 40.3 Å². The van der Waals surface area contributed by atoms with Crippen molar-refractivity contribution in [3.63, 3.8) is 0 Å². The summed E-state index contributed by atoms with van der Waals surface area (Å²) in [7, 11) is 4.96. The summed E-state index contributed by atoms with van der Waals surface area (Å²) in [6.45, 7) is 1.18. The molecule has 1 aliphatic heterocycles. The van der Waals surface area contributed by atoms with Gasteiger partial charge in [0.25, 0.3) is 0 Å². The van der Waals surface area contributed by atoms with Gasteiger partial charge in [0.1, 0.15) is 6.61 Å². The number of methoxy groups -OCH3 is 3. The van der Waals surface area contributed by atoms with Gasteiger partial charge < -0.3 is 35.9 Å². The zero-order valence-corrected chi connectivity index (χ0v) is 21.4. The molecule has 0 amide bonds. The molecule has 178 valence electrons. The molecule has 35 heavy (non-hydrogen) atoms. The number of aryl methyl sites for hydroxylation is 2. The Morgan fingerprint density at radius 1 is 0.914 bits per heavy atom. The first-order valence-electron chi connectivity index (χ1n) is 11.1. The number of aromatic nitrogens is 1. The number of nitrogens with zero attached hydrogens (tertiary/aromatic N) is 2. The Morgan fingerprint density at radius 2 is 1.69 bits per heavy atom. The highest BCUT2D eigenvalue weighted by Gasteiger charge is 2.27. The van der Waals surface area contributed by atoms with Crippen LogP contribution in [0, 0.1) is 11.3 Å². The van der Waals surface area contributed by atoms with E-state index >= 15 is 0 Å². The van der Waals surface area contributed by atoms with E-state index in [4.69, 9.17) is 18.9 Å². The van der Waals surface area contributed by atoms with Crippen molar-refractivity contribution in [3.05, 3.63) is 77.5 Å². The number of hydrogen-bond donors (Lipinski definition) is 0. The van der Waals surface area contributed by atoms with Crippen LogP contribution in [0.2, 0.25) is 0 Å². The van der Waals surface area contributed by atoms with Crippen LogP contribution < -0.4 is 40.5 Å². The highest BCUT2D eigenvalue weighted by Crippen LogP contribution is 2.40. The van der Waals surface area contributed by atoms with Crippen LogP contribution in [-0.2, 0) is 19.6 Å². The molecule has 3 aromatic carbocycles. The molecule has 0 fully saturated rings. The molecule has 0 saturated heterocycles. The van der Waals surface area contributed by atoms with E-state index in [9.17, 15) is 5.26 Å². The van der Waals surface area contributed by atoms with Gasteiger partial charge in [-0.3, -0.25) is 0 Å². The van der Waals surface area contributed by atoms with Crippen molar-refractivity contribution in [2.45, 2.75) is 19.6 Å². The highest BCUT2D eigenvalue weighted by molar-refractivity contribution is 5.91. The fourth-order valence-corrected chi connectivity index (χ4v) is 4.53. The van der Waals surface area contributed by atoms with Gasteiger partial charge in [-0.1, -0.05) is 12.1 Å². The first kappa shape index (κ1) is 24.4. The Kier molecular flexibility index (Phi) is 7.13. The van der Waals surface area contributed by atoms with E-state index in [0.717, 1.165) is 46.3 Å². The lowest BCUT2D eigenvalue weighted by atomic mass is 9.95. The van der Waals surface area contributed by atoms with Crippen molar-refractivity contribution in [1.29, 1.82) is 5.26 Å². The number of nitriles is 1. The van der Waals surface area contributed by atoms with E-state index in [-0.39, 0.29) is 17.0 Å². The SMILES string of the molecule is COc1cc2c(cc1OC)-c1cc3ccc(OC)c(OCc4cccc(C#N)c4)c3c[n+]1CC2.[Br-]. The zero-order chi connectivity index (χ0) is 23.7. The van der Waals surface area contributed by atoms with E-state index in [2.05, 4.69) is 29.0 Å². The van der Waals surface area contributed by atoms with Crippen molar-refractivity contribution < 1.29 is 40.5 Å². The van der Waals surface area contributed by atoms with Crippen LogP contribution in [0.3, 0.4) is 0 Å². The lowest BCUT2D eigenvalue weighted by molar-refractivity contribution is -0.686. The quantitative estimate of drug-likeness (QED) is 0.354. The Morgan fingerprint density at radius 3 is 2.43 bits per heavy atom. The summed E-state index contributed by atoms with van der Waals surface area (Å²) in [6.07, 6.45) is 3.02. The predicted molar refractivity (Wildman–Crippen MR) is 128 cm³/mol. The first-order chi connectivity index (χ1) is 16.6. The Bertz CT molecular complexity index is 1450. The number of halogens is 1. The van der Waals surface area contributed by atoms with Crippen molar-refractivity contribution in [1.82, 2.24) is 0 Å². The van der Waals surface area contributed by atoms with Gasteiger partial charge in [-0.2, -0.15) is 9.83 Å². The van der Waals surface area contributed by atoms with Crippen LogP contribution in [0.1, 0.15) is 16.7 Å². The number of fused-ring (bicyclic) bond motifs is 4. The second-order valence-corrected chi connectivity index (χ2v) is 8.17. The number of ether oxygens (including phenoxy) is 4. The molecule has 0 bridgehead atoms. The Labute approximate surface area is 215 Å². The molecule has 2 heterocycles. The summed E-state index contributed by atoms with van der Waals surface area (Å²) < 4.78 is 25.2. The maximum atomic E-state index is 9.19. The molecule has 0 radical (unpaired) electrons.